The largest absolute Gasteiger partial charge is 0.455 e. The van der Waals surface area contributed by atoms with E-state index < -0.39 is 0 Å². The predicted octanol–water partition coefficient (Wildman–Crippen LogP) is 1.96. The maximum absolute atomic E-state index is 5.74. The van der Waals surface area contributed by atoms with Crippen molar-refractivity contribution < 1.29 is 4.42 Å². The van der Waals surface area contributed by atoms with E-state index in [2.05, 4.69) is 20.2 Å². The molecule has 0 unspecified atom stereocenters. The standard InChI is InChI=1S/C14H11N5O/c15-14(12-9-16-5-6-17-12)19-18-8-11-7-10-3-1-2-4-13(10)20-11/h1-9H,(H2,15,19)/b18-8+. The quantitative estimate of drug-likeness (QED) is 0.445. The molecule has 0 saturated heterocycles. The second kappa shape index (κ2) is 5.31. The summed E-state index contributed by atoms with van der Waals surface area (Å²) in [6, 6.07) is 9.60. The summed E-state index contributed by atoms with van der Waals surface area (Å²) in [5.74, 6) is 0.812. The number of benzene rings is 1. The number of furan rings is 1. The Hall–Kier alpha value is -3.02. The molecular formula is C14H11N5O. The maximum Gasteiger partial charge on any atom is 0.173 e. The van der Waals surface area contributed by atoms with Gasteiger partial charge in [0.05, 0.1) is 12.4 Å². The molecule has 6 nitrogen and oxygen atoms in total. The van der Waals surface area contributed by atoms with Crippen LogP contribution >= 0.6 is 0 Å². The van der Waals surface area contributed by atoms with E-state index in [1.165, 1.54) is 12.4 Å². The van der Waals surface area contributed by atoms with Crippen LogP contribution in [-0.4, -0.2) is 22.0 Å². The molecule has 0 radical (unpaired) electrons. The zero-order valence-electron chi connectivity index (χ0n) is 10.5. The van der Waals surface area contributed by atoms with Gasteiger partial charge in [0, 0.05) is 17.8 Å². The molecule has 0 aliphatic carbocycles. The number of aromatic nitrogens is 2. The van der Waals surface area contributed by atoms with Crippen molar-refractivity contribution in [3.63, 3.8) is 0 Å². The number of rotatable bonds is 3. The number of hydrogen-bond donors (Lipinski definition) is 1. The van der Waals surface area contributed by atoms with Crippen LogP contribution in [0.3, 0.4) is 0 Å². The molecule has 3 rings (SSSR count). The first-order valence-electron chi connectivity index (χ1n) is 5.94. The molecule has 0 aliphatic heterocycles. The second-order valence-electron chi connectivity index (χ2n) is 4.01. The number of fused-ring (bicyclic) bond motifs is 1. The first-order valence-corrected chi connectivity index (χ1v) is 5.94. The number of para-hydroxylation sites is 1. The lowest BCUT2D eigenvalue weighted by molar-refractivity contribution is 0.607. The van der Waals surface area contributed by atoms with Gasteiger partial charge < -0.3 is 10.2 Å². The fraction of sp³-hybridized carbons (Fsp3) is 0. The highest BCUT2D eigenvalue weighted by Crippen LogP contribution is 2.17. The minimum Gasteiger partial charge on any atom is -0.455 e. The van der Waals surface area contributed by atoms with Gasteiger partial charge in [0.15, 0.2) is 5.84 Å². The van der Waals surface area contributed by atoms with Gasteiger partial charge >= 0.3 is 0 Å². The third-order valence-electron chi connectivity index (χ3n) is 2.62. The van der Waals surface area contributed by atoms with E-state index in [-0.39, 0.29) is 5.84 Å². The summed E-state index contributed by atoms with van der Waals surface area (Å²) in [6.45, 7) is 0. The van der Waals surface area contributed by atoms with E-state index in [1.807, 2.05) is 30.3 Å². The van der Waals surface area contributed by atoms with Crippen molar-refractivity contribution in [3.05, 3.63) is 60.4 Å². The van der Waals surface area contributed by atoms with Crippen molar-refractivity contribution in [1.82, 2.24) is 9.97 Å². The Kier molecular flexibility index (Phi) is 3.20. The lowest BCUT2D eigenvalue weighted by atomic mass is 10.2. The van der Waals surface area contributed by atoms with Crippen LogP contribution in [0.15, 0.2) is 63.5 Å². The van der Waals surface area contributed by atoms with Gasteiger partial charge in [-0.25, -0.2) is 4.98 Å². The topological polar surface area (TPSA) is 89.7 Å². The molecule has 0 atom stereocenters. The SMILES string of the molecule is N/C(=N\N=C\c1cc2ccccc2o1)c1cnccn1. The predicted molar refractivity (Wildman–Crippen MR) is 76.6 cm³/mol. The van der Waals surface area contributed by atoms with Gasteiger partial charge in [0.1, 0.15) is 17.0 Å². The molecule has 2 N–H and O–H groups in total. The molecular weight excluding hydrogens is 254 g/mol. The van der Waals surface area contributed by atoms with Gasteiger partial charge in [-0.15, -0.1) is 5.10 Å². The fourth-order valence-corrected chi connectivity index (χ4v) is 1.70. The zero-order valence-corrected chi connectivity index (χ0v) is 10.5. The molecule has 0 fully saturated rings. The maximum atomic E-state index is 5.74. The van der Waals surface area contributed by atoms with Crippen LogP contribution in [0, 0.1) is 0 Å². The summed E-state index contributed by atoms with van der Waals surface area (Å²) in [4.78, 5) is 7.93. The van der Waals surface area contributed by atoms with Crippen molar-refractivity contribution >= 4 is 23.0 Å². The van der Waals surface area contributed by atoms with Crippen LogP contribution in [-0.2, 0) is 0 Å². The molecule has 2 aromatic heterocycles. The molecule has 20 heavy (non-hydrogen) atoms. The average molecular weight is 265 g/mol. The van der Waals surface area contributed by atoms with Crippen molar-refractivity contribution in [1.29, 1.82) is 0 Å². The molecule has 3 aromatic rings. The van der Waals surface area contributed by atoms with E-state index in [0.717, 1.165) is 11.0 Å². The second-order valence-corrected chi connectivity index (χ2v) is 4.01. The lowest BCUT2D eigenvalue weighted by Gasteiger charge is -1.94. The summed E-state index contributed by atoms with van der Waals surface area (Å²) < 4.78 is 5.57. The highest BCUT2D eigenvalue weighted by atomic mass is 16.3. The molecule has 2 heterocycles. The van der Waals surface area contributed by atoms with Crippen molar-refractivity contribution in [2.75, 3.05) is 0 Å². The van der Waals surface area contributed by atoms with Crippen molar-refractivity contribution in [2.24, 2.45) is 15.9 Å². The lowest BCUT2D eigenvalue weighted by Crippen LogP contribution is -2.14. The number of amidine groups is 1. The Morgan fingerprint density at radius 2 is 2.15 bits per heavy atom. The highest BCUT2D eigenvalue weighted by molar-refractivity contribution is 5.95. The monoisotopic (exact) mass is 265 g/mol. The Morgan fingerprint density at radius 1 is 1.25 bits per heavy atom. The van der Waals surface area contributed by atoms with Crippen LogP contribution < -0.4 is 5.73 Å². The summed E-state index contributed by atoms with van der Waals surface area (Å²) in [7, 11) is 0. The van der Waals surface area contributed by atoms with Crippen LogP contribution in [0.4, 0.5) is 0 Å². The van der Waals surface area contributed by atoms with E-state index in [9.17, 15) is 0 Å². The first-order chi connectivity index (χ1) is 9.83. The summed E-state index contributed by atoms with van der Waals surface area (Å²) in [6.07, 6.45) is 6.13. The smallest absolute Gasteiger partial charge is 0.173 e. The van der Waals surface area contributed by atoms with Gasteiger partial charge in [-0.2, -0.15) is 5.10 Å². The Bertz CT molecular complexity index is 743. The summed E-state index contributed by atoms with van der Waals surface area (Å²) in [5.41, 5.74) is 7.02. The number of nitrogens with two attached hydrogens (primary N) is 1. The van der Waals surface area contributed by atoms with Crippen LogP contribution in [0.1, 0.15) is 11.5 Å². The van der Waals surface area contributed by atoms with Crippen LogP contribution in [0.5, 0.6) is 0 Å². The van der Waals surface area contributed by atoms with Gasteiger partial charge in [0.25, 0.3) is 0 Å². The van der Waals surface area contributed by atoms with E-state index >= 15 is 0 Å². The van der Waals surface area contributed by atoms with Gasteiger partial charge in [-0.3, -0.25) is 4.98 Å². The summed E-state index contributed by atoms with van der Waals surface area (Å²) >= 11 is 0. The van der Waals surface area contributed by atoms with Gasteiger partial charge in [-0.1, -0.05) is 18.2 Å². The van der Waals surface area contributed by atoms with Crippen LogP contribution in [0.25, 0.3) is 11.0 Å². The minimum atomic E-state index is 0.200. The molecule has 0 aliphatic rings. The molecule has 0 amide bonds. The Balaban J connectivity index is 1.80. The van der Waals surface area contributed by atoms with Gasteiger partial charge in [-0.05, 0) is 12.1 Å². The molecule has 0 bridgehead atoms. The number of hydrogen-bond acceptors (Lipinski definition) is 5. The van der Waals surface area contributed by atoms with Crippen molar-refractivity contribution in [2.45, 2.75) is 0 Å². The number of nitrogens with zero attached hydrogens (tertiary/aromatic N) is 4. The zero-order chi connectivity index (χ0) is 13.8. The molecule has 0 spiro atoms. The molecule has 0 saturated carbocycles. The van der Waals surface area contributed by atoms with E-state index in [1.54, 1.807) is 12.4 Å². The third-order valence-corrected chi connectivity index (χ3v) is 2.62. The van der Waals surface area contributed by atoms with E-state index in [0.29, 0.717) is 11.5 Å². The Morgan fingerprint density at radius 3 is 2.95 bits per heavy atom. The first kappa shape index (κ1) is 12.0. The van der Waals surface area contributed by atoms with Crippen molar-refractivity contribution in [3.8, 4) is 0 Å². The normalized spacial score (nSPS) is 12.3. The third kappa shape index (κ3) is 2.54. The van der Waals surface area contributed by atoms with E-state index in [4.69, 9.17) is 10.2 Å². The minimum absolute atomic E-state index is 0.200. The molecule has 98 valence electrons. The molecule has 6 heteroatoms. The summed E-state index contributed by atoms with van der Waals surface area (Å²) in [5, 5.41) is 8.76. The highest BCUT2D eigenvalue weighted by Gasteiger charge is 2.00. The van der Waals surface area contributed by atoms with Crippen LogP contribution in [0.2, 0.25) is 0 Å². The fourth-order valence-electron chi connectivity index (χ4n) is 1.70. The van der Waals surface area contributed by atoms with Gasteiger partial charge in [0.2, 0.25) is 0 Å². The molecule has 1 aromatic carbocycles. The Labute approximate surface area is 114 Å². The average Bonchev–Trinajstić information content (AvgIpc) is 2.90.